The number of carbonyl (C=O) groups is 1. The van der Waals surface area contributed by atoms with E-state index in [0.717, 1.165) is 5.56 Å². The number of aromatic nitrogens is 2. The molecule has 0 aliphatic carbocycles. The molecule has 0 N–H and O–H groups in total. The minimum atomic E-state index is -0.237. The molecular weight excluding hydrogens is 372 g/mol. The van der Waals surface area contributed by atoms with Gasteiger partial charge in [0.1, 0.15) is 5.75 Å². The molecule has 7 heteroatoms. The summed E-state index contributed by atoms with van der Waals surface area (Å²) in [4.78, 5) is 16.9. The van der Waals surface area contributed by atoms with Crippen LogP contribution in [0.25, 0.3) is 11.4 Å². The summed E-state index contributed by atoms with van der Waals surface area (Å²) in [6.45, 7) is 5.88. The number of rotatable bonds is 7. The van der Waals surface area contributed by atoms with E-state index in [9.17, 15) is 4.79 Å². The van der Waals surface area contributed by atoms with Crippen molar-refractivity contribution in [3.05, 3.63) is 53.9 Å². The van der Waals surface area contributed by atoms with Crippen molar-refractivity contribution in [1.29, 1.82) is 0 Å². The van der Waals surface area contributed by atoms with Crippen molar-refractivity contribution in [3.63, 3.8) is 0 Å². The lowest BCUT2D eigenvalue weighted by Crippen LogP contribution is -2.12. The number of carbonyl (C=O) groups excluding carboxylic acids is 1. The van der Waals surface area contributed by atoms with Crippen molar-refractivity contribution >= 4 is 5.78 Å². The first-order valence-electron chi connectivity index (χ1n) is 9.14. The van der Waals surface area contributed by atoms with Gasteiger partial charge in [-0.25, -0.2) is 0 Å². The highest BCUT2D eigenvalue weighted by Crippen LogP contribution is 2.32. The number of nitrogens with zero attached hydrogens (tertiary/aromatic N) is 2. The van der Waals surface area contributed by atoms with Crippen LogP contribution < -0.4 is 14.2 Å². The quantitative estimate of drug-likeness (QED) is 0.550. The summed E-state index contributed by atoms with van der Waals surface area (Å²) in [6, 6.07) is 12.2. The van der Waals surface area contributed by atoms with Crippen molar-refractivity contribution in [2.24, 2.45) is 0 Å². The molecule has 1 heterocycles. The van der Waals surface area contributed by atoms with Gasteiger partial charge >= 0.3 is 0 Å². The number of hydrogen-bond acceptors (Lipinski definition) is 7. The van der Waals surface area contributed by atoms with Crippen molar-refractivity contribution in [3.8, 4) is 28.6 Å². The number of ether oxygens (including phenoxy) is 3. The van der Waals surface area contributed by atoms with E-state index in [0.29, 0.717) is 34.5 Å². The molecule has 29 heavy (non-hydrogen) atoms. The molecule has 0 aliphatic rings. The fourth-order valence-corrected chi connectivity index (χ4v) is 2.59. The van der Waals surface area contributed by atoms with Crippen molar-refractivity contribution in [1.82, 2.24) is 10.1 Å². The van der Waals surface area contributed by atoms with Gasteiger partial charge in [0.25, 0.3) is 0 Å². The lowest BCUT2D eigenvalue weighted by atomic mass is 9.97. The Morgan fingerprint density at radius 2 is 1.83 bits per heavy atom. The Bertz CT molecular complexity index is 1000. The van der Waals surface area contributed by atoms with Gasteiger partial charge in [-0.3, -0.25) is 4.79 Å². The molecular formula is C22H24N2O5. The highest BCUT2D eigenvalue weighted by atomic mass is 16.5. The van der Waals surface area contributed by atoms with E-state index in [1.165, 1.54) is 7.11 Å². The molecule has 152 valence electrons. The maximum absolute atomic E-state index is 12.4. The van der Waals surface area contributed by atoms with Crippen LogP contribution in [-0.2, 0) is 5.41 Å². The number of benzene rings is 2. The highest BCUT2D eigenvalue weighted by molar-refractivity contribution is 5.97. The Kier molecular flexibility index (Phi) is 5.87. The predicted molar refractivity (Wildman–Crippen MR) is 108 cm³/mol. The first-order valence-corrected chi connectivity index (χ1v) is 9.14. The number of hydrogen-bond donors (Lipinski definition) is 0. The fraction of sp³-hybridized carbons (Fsp3) is 0.318. The monoisotopic (exact) mass is 396 g/mol. The van der Waals surface area contributed by atoms with Crippen LogP contribution in [0.4, 0.5) is 0 Å². The Morgan fingerprint density at radius 3 is 2.48 bits per heavy atom. The van der Waals surface area contributed by atoms with Crippen LogP contribution in [-0.4, -0.2) is 36.8 Å². The van der Waals surface area contributed by atoms with Crippen LogP contribution in [0, 0.1) is 0 Å². The van der Waals surface area contributed by atoms with Gasteiger partial charge in [0, 0.05) is 16.5 Å². The second-order valence-corrected chi connectivity index (χ2v) is 7.48. The molecule has 0 amide bonds. The molecule has 0 radical (unpaired) electrons. The maximum Gasteiger partial charge on any atom is 0.232 e. The van der Waals surface area contributed by atoms with Crippen LogP contribution in [0.15, 0.2) is 47.0 Å². The Hall–Kier alpha value is -3.35. The summed E-state index contributed by atoms with van der Waals surface area (Å²) >= 11 is 0. The summed E-state index contributed by atoms with van der Waals surface area (Å²) in [7, 11) is 3.09. The van der Waals surface area contributed by atoms with Gasteiger partial charge in [-0.1, -0.05) is 38.1 Å². The Morgan fingerprint density at radius 1 is 1.03 bits per heavy atom. The van der Waals surface area contributed by atoms with E-state index in [4.69, 9.17) is 18.7 Å². The lowest BCUT2D eigenvalue weighted by molar-refractivity contribution is 0.0919. The van der Waals surface area contributed by atoms with Gasteiger partial charge in [-0.2, -0.15) is 4.98 Å². The zero-order valence-corrected chi connectivity index (χ0v) is 17.2. The van der Waals surface area contributed by atoms with E-state index in [1.807, 2.05) is 20.8 Å². The molecule has 2 aromatic carbocycles. The van der Waals surface area contributed by atoms with Crippen LogP contribution in [0.5, 0.6) is 17.2 Å². The highest BCUT2D eigenvalue weighted by Gasteiger charge is 2.22. The van der Waals surface area contributed by atoms with E-state index in [2.05, 4.69) is 10.1 Å². The van der Waals surface area contributed by atoms with Gasteiger partial charge < -0.3 is 18.7 Å². The van der Waals surface area contributed by atoms with Gasteiger partial charge in [-0.15, -0.1) is 0 Å². The first kappa shape index (κ1) is 20.4. The Balaban J connectivity index is 1.75. The van der Waals surface area contributed by atoms with E-state index < -0.39 is 0 Å². The third-order valence-electron chi connectivity index (χ3n) is 4.24. The van der Waals surface area contributed by atoms with Gasteiger partial charge in [0.05, 0.1) is 14.2 Å². The summed E-state index contributed by atoms with van der Waals surface area (Å²) in [5.74, 6) is 2.40. The number of Topliss-reactive ketones (excluding diaryl/α,β-unsaturated/α-hetero) is 1. The number of ketones is 1. The fourth-order valence-electron chi connectivity index (χ4n) is 2.59. The van der Waals surface area contributed by atoms with E-state index in [-0.39, 0.29) is 17.8 Å². The van der Waals surface area contributed by atoms with Crippen molar-refractivity contribution in [2.75, 3.05) is 20.8 Å². The zero-order chi connectivity index (χ0) is 21.0. The average Bonchev–Trinajstić information content (AvgIpc) is 3.22. The second-order valence-electron chi connectivity index (χ2n) is 7.48. The van der Waals surface area contributed by atoms with E-state index in [1.54, 1.807) is 49.6 Å². The molecule has 0 aliphatic heterocycles. The van der Waals surface area contributed by atoms with E-state index >= 15 is 0 Å². The molecule has 3 aromatic rings. The molecule has 3 rings (SSSR count). The molecule has 0 fully saturated rings. The molecule has 1 aromatic heterocycles. The van der Waals surface area contributed by atoms with Crippen molar-refractivity contribution < 1.29 is 23.5 Å². The van der Waals surface area contributed by atoms with Gasteiger partial charge in [0.15, 0.2) is 23.9 Å². The number of methoxy groups -OCH3 is 2. The third kappa shape index (κ3) is 4.74. The molecule has 0 bridgehead atoms. The summed E-state index contributed by atoms with van der Waals surface area (Å²) in [5, 5.41) is 4.04. The van der Waals surface area contributed by atoms with Gasteiger partial charge in [-0.05, 0) is 30.3 Å². The standard InChI is InChI=1S/C22H24N2O5/c1-22(2,3)21-23-20(24-29-21)15-9-10-18(19(12-15)27-5)28-13-17(25)14-7-6-8-16(11-14)26-4/h6-12H,13H2,1-5H3. The first-order chi connectivity index (χ1) is 13.8. The van der Waals surface area contributed by atoms with Gasteiger partial charge in [0.2, 0.25) is 11.7 Å². The zero-order valence-electron chi connectivity index (χ0n) is 17.2. The molecule has 7 nitrogen and oxygen atoms in total. The topological polar surface area (TPSA) is 83.7 Å². The van der Waals surface area contributed by atoms with Crippen LogP contribution in [0.2, 0.25) is 0 Å². The average molecular weight is 396 g/mol. The minimum absolute atomic E-state index is 0.126. The van der Waals surface area contributed by atoms with Crippen LogP contribution in [0.3, 0.4) is 0 Å². The van der Waals surface area contributed by atoms with Crippen LogP contribution >= 0.6 is 0 Å². The molecule has 0 atom stereocenters. The largest absolute Gasteiger partial charge is 0.497 e. The molecule has 0 saturated carbocycles. The molecule has 0 unspecified atom stereocenters. The lowest BCUT2D eigenvalue weighted by Gasteiger charge is -2.11. The normalized spacial score (nSPS) is 11.2. The SMILES string of the molecule is COc1cccc(C(=O)COc2ccc(-c3noc(C(C)(C)C)n3)cc2OC)c1. The minimum Gasteiger partial charge on any atom is -0.497 e. The smallest absolute Gasteiger partial charge is 0.232 e. The predicted octanol–water partition coefficient (Wildman–Crippen LogP) is 4.31. The maximum atomic E-state index is 12.4. The summed E-state index contributed by atoms with van der Waals surface area (Å²) < 4.78 is 21.6. The summed E-state index contributed by atoms with van der Waals surface area (Å²) in [6.07, 6.45) is 0. The molecule has 0 spiro atoms. The second kappa shape index (κ2) is 8.34. The molecule has 0 saturated heterocycles. The van der Waals surface area contributed by atoms with Crippen molar-refractivity contribution in [2.45, 2.75) is 26.2 Å². The Labute approximate surface area is 169 Å². The summed E-state index contributed by atoms with van der Waals surface area (Å²) in [5.41, 5.74) is 1.01. The van der Waals surface area contributed by atoms with Crippen LogP contribution in [0.1, 0.15) is 37.0 Å². The third-order valence-corrected chi connectivity index (χ3v) is 4.24.